The molecule has 2 aromatic carbocycles. The molecule has 0 bridgehead atoms. The van der Waals surface area contributed by atoms with Crippen LogP contribution in [0.15, 0.2) is 48.5 Å². The number of benzene rings is 2. The van der Waals surface area contributed by atoms with Crippen molar-refractivity contribution in [1.82, 2.24) is 21.3 Å². The third-order valence-electron chi connectivity index (χ3n) is 9.51. The first-order chi connectivity index (χ1) is 28.9. The Balaban J connectivity index is 1.40. The lowest BCUT2D eigenvalue weighted by Crippen LogP contribution is -2.66. The molecule has 0 radical (unpaired) electrons. The zero-order chi connectivity index (χ0) is 44.7. The third-order valence-corrected chi connectivity index (χ3v) is 9.51. The van der Waals surface area contributed by atoms with E-state index in [1.807, 2.05) is 48.5 Å². The first-order valence-corrected chi connectivity index (χ1v) is 20.3. The van der Waals surface area contributed by atoms with Crippen molar-refractivity contribution in [3.63, 3.8) is 0 Å². The Bertz CT molecular complexity index is 1820. The summed E-state index contributed by atoms with van der Waals surface area (Å²) in [6.45, 7) is 10.1. The number of hydrogen-bond acceptors (Lipinski definition) is 14. The van der Waals surface area contributed by atoms with Crippen molar-refractivity contribution in [1.29, 1.82) is 0 Å². The van der Waals surface area contributed by atoms with Gasteiger partial charge in [-0.2, -0.15) is 0 Å². The molecule has 4 rings (SSSR count). The molecule has 4 amide bonds. The van der Waals surface area contributed by atoms with Crippen LogP contribution in [-0.4, -0.2) is 117 Å². The SMILES string of the molecule is CC(=O)N[C@H]1[C@@H](OCCCC[C@H](NC(=O)OCC2c3ccccc3-c3ccccc32)C(=O)NCCCNC(=O)OC(C)(C)C)O[C@H](COC(C)=O)[C@H](OC(C)=O)[C@@H]1OC(C)=O. The predicted molar refractivity (Wildman–Crippen MR) is 218 cm³/mol. The Morgan fingerprint density at radius 1 is 0.705 bits per heavy atom. The fraction of sp³-hybridized carbons (Fsp3) is 0.558. The Morgan fingerprint density at radius 2 is 1.31 bits per heavy atom. The number of alkyl carbamates (subject to hydrolysis) is 2. The number of fused-ring (bicyclic) bond motifs is 3. The van der Waals surface area contributed by atoms with Crippen molar-refractivity contribution in [2.24, 2.45) is 0 Å². The van der Waals surface area contributed by atoms with Crippen LogP contribution in [0.1, 0.15) is 91.2 Å². The fourth-order valence-corrected chi connectivity index (χ4v) is 7.06. The maximum absolute atomic E-state index is 13.5. The first-order valence-electron chi connectivity index (χ1n) is 20.3. The van der Waals surface area contributed by atoms with Crippen LogP contribution >= 0.6 is 0 Å². The van der Waals surface area contributed by atoms with Gasteiger partial charge in [-0.1, -0.05) is 48.5 Å². The summed E-state index contributed by atoms with van der Waals surface area (Å²) in [5, 5.41) is 10.8. The molecule has 1 fully saturated rings. The highest BCUT2D eigenvalue weighted by Crippen LogP contribution is 2.44. The van der Waals surface area contributed by atoms with Crippen LogP contribution in [0.25, 0.3) is 11.1 Å². The summed E-state index contributed by atoms with van der Waals surface area (Å²) in [7, 11) is 0. The molecule has 2 aliphatic rings. The molecule has 1 saturated heterocycles. The molecule has 1 heterocycles. The standard InChI is InChI=1S/C43H58N4O14/c1-25(48)46-36-38(59-28(4)51)37(58-27(3)50)35(24-56-26(2)49)60-40(36)55-22-13-12-19-34(39(52)44-20-14-21-45-41(53)61-43(5,6)7)47-42(54)57-23-33-31-17-10-8-15-29(31)30-16-9-11-18-32(30)33/h8-11,15-18,33-38,40H,12-14,19-24H2,1-7H3,(H,44,52)(H,45,53)(H,46,48)(H,47,54)/t34-,35+,36+,37-,38+,40-/m0/s1. The van der Waals surface area contributed by atoms with E-state index in [9.17, 15) is 33.6 Å². The van der Waals surface area contributed by atoms with E-state index in [1.165, 1.54) is 13.8 Å². The van der Waals surface area contributed by atoms with Crippen molar-refractivity contribution in [3.05, 3.63) is 59.7 Å². The molecule has 6 atom stereocenters. The molecule has 2 aromatic rings. The molecule has 0 spiro atoms. The molecule has 18 nitrogen and oxygen atoms in total. The summed E-state index contributed by atoms with van der Waals surface area (Å²) in [5.41, 5.74) is 3.55. The van der Waals surface area contributed by atoms with Crippen LogP contribution in [0.3, 0.4) is 0 Å². The number of carbonyl (C=O) groups is 7. The summed E-state index contributed by atoms with van der Waals surface area (Å²) in [6.07, 6.45) is -5.09. The van der Waals surface area contributed by atoms with Gasteiger partial charge in [0.2, 0.25) is 11.8 Å². The summed E-state index contributed by atoms with van der Waals surface area (Å²) >= 11 is 0. The molecular weight excluding hydrogens is 796 g/mol. The normalized spacial score (nSPS) is 19.8. The molecule has 1 aliphatic carbocycles. The number of rotatable bonds is 19. The predicted octanol–water partition coefficient (Wildman–Crippen LogP) is 3.77. The topological polar surface area (TPSA) is 232 Å². The minimum Gasteiger partial charge on any atom is -0.463 e. The van der Waals surface area contributed by atoms with Gasteiger partial charge in [-0.3, -0.25) is 24.0 Å². The molecule has 334 valence electrons. The second-order valence-electron chi connectivity index (χ2n) is 15.7. The number of hydrogen-bond donors (Lipinski definition) is 4. The molecule has 1 aliphatic heterocycles. The van der Waals surface area contributed by atoms with E-state index in [2.05, 4.69) is 21.3 Å². The van der Waals surface area contributed by atoms with E-state index >= 15 is 0 Å². The Morgan fingerprint density at radius 3 is 1.90 bits per heavy atom. The average Bonchev–Trinajstić information content (AvgIpc) is 3.49. The van der Waals surface area contributed by atoms with Gasteiger partial charge in [0.15, 0.2) is 18.5 Å². The van der Waals surface area contributed by atoms with Crippen LogP contribution in [-0.2, 0) is 57.1 Å². The van der Waals surface area contributed by atoms with E-state index in [-0.39, 0.29) is 45.2 Å². The highest BCUT2D eigenvalue weighted by atomic mass is 16.7. The summed E-state index contributed by atoms with van der Waals surface area (Å²) in [6, 6.07) is 13.7. The number of unbranched alkanes of at least 4 members (excludes halogenated alkanes) is 1. The second-order valence-corrected chi connectivity index (χ2v) is 15.7. The van der Waals surface area contributed by atoms with Gasteiger partial charge in [0, 0.05) is 53.3 Å². The van der Waals surface area contributed by atoms with Crippen LogP contribution in [0.4, 0.5) is 9.59 Å². The molecule has 0 aromatic heterocycles. The van der Waals surface area contributed by atoms with Crippen LogP contribution < -0.4 is 21.3 Å². The van der Waals surface area contributed by atoms with Gasteiger partial charge < -0.3 is 54.4 Å². The lowest BCUT2D eigenvalue weighted by atomic mass is 9.96. The highest BCUT2D eigenvalue weighted by Gasteiger charge is 2.51. The second kappa shape index (κ2) is 22.7. The Labute approximate surface area is 355 Å². The van der Waals surface area contributed by atoms with Crippen molar-refractivity contribution >= 4 is 41.9 Å². The minimum atomic E-state index is -1.28. The van der Waals surface area contributed by atoms with Gasteiger partial charge in [0.05, 0.1) is 0 Å². The smallest absolute Gasteiger partial charge is 0.407 e. The minimum absolute atomic E-state index is 0.00167. The molecule has 61 heavy (non-hydrogen) atoms. The quantitative estimate of drug-likeness (QED) is 0.0896. The fourth-order valence-electron chi connectivity index (χ4n) is 7.06. The maximum Gasteiger partial charge on any atom is 0.407 e. The number of nitrogens with one attached hydrogen (secondary N) is 4. The van der Waals surface area contributed by atoms with Gasteiger partial charge in [-0.15, -0.1) is 0 Å². The van der Waals surface area contributed by atoms with Crippen LogP contribution in [0.5, 0.6) is 0 Å². The van der Waals surface area contributed by atoms with Gasteiger partial charge in [0.1, 0.15) is 37.0 Å². The van der Waals surface area contributed by atoms with Crippen molar-refractivity contribution in [2.75, 3.05) is 32.9 Å². The molecule has 4 N–H and O–H groups in total. The van der Waals surface area contributed by atoms with E-state index in [0.717, 1.165) is 36.1 Å². The summed E-state index contributed by atoms with van der Waals surface area (Å²) < 4.78 is 39.2. The van der Waals surface area contributed by atoms with Gasteiger partial charge in [-0.25, -0.2) is 9.59 Å². The molecule has 18 heteroatoms. The number of esters is 3. The Kier molecular flexibility index (Phi) is 17.9. The van der Waals surface area contributed by atoms with E-state index in [4.69, 9.17) is 33.2 Å². The van der Waals surface area contributed by atoms with Crippen LogP contribution in [0, 0.1) is 0 Å². The zero-order valence-electron chi connectivity index (χ0n) is 35.7. The highest BCUT2D eigenvalue weighted by molar-refractivity contribution is 5.85. The Hall–Kier alpha value is -5.75. The molecule has 0 saturated carbocycles. The van der Waals surface area contributed by atoms with E-state index in [0.29, 0.717) is 19.3 Å². The molecule has 0 unspecified atom stereocenters. The van der Waals surface area contributed by atoms with E-state index < -0.39 is 84.2 Å². The van der Waals surface area contributed by atoms with Crippen molar-refractivity contribution < 1.29 is 66.7 Å². The first kappa shape index (κ1) is 47.9. The maximum atomic E-state index is 13.5. The lowest BCUT2D eigenvalue weighted by Gasteiger charge is -2.44. The lowest BCUT2D eigenvalue weighted by molar-refractivity contribution is -0.277. The van der Waals surface area contributed by atoms with Gasteiger partial charge >= 0.3 is 30.1 Å². The largest absolute Gasteiger partial charge is 0.463 e. The third kappa shape index (κ3) is 15.0. The molecular formula is C43H58N4O14. The van der Waals surface area contributed by atoms with Crippen molar-refractivity contribution in [2.45, 2.75) is 122 Å². The number of ether oxygens (including phenoxy) is 7. The summed E-state index contributed by atoms with van der Waals surface area (Å²) in [4.78, 5) is 87.0. The zero-order valence-corrected chi connectivity index (χ0v) is 35.7. The van der Waals surface area contributed by atoms with Crippen LogP contribution in [0.2, 0.25) is 0 Å². The summed E-state index contributed by atoms with van der Waals surface area (Å²) in [5.74, 6) is -3.30. The van der Waals surface area contributed by atoms with Gasteiger partial charge in [0.25, 0.3) is 0 Å². The number of amides is 4. The average molecular weight is 855 g/mol. The van der Waals surface area contributed by atoms with E-state index in [1.54, 1.807) is 20.8 Å². The number of carbonyl (C=O) groups excluding carboxylic acids is 7. The van der Waals surface area contributed by atoms with Gasteiger partial charge in [-0.05, 0) is 68.7 Å². The monoisotopic (exact) mass is 854 g/mol. The van der Waals surface area contributed by atoms with Crippen molar-refractivity contribution in [3.8, 4) is 11.1 Å².